The Morgan fingerprint density at radius 2 is 2.26 bits per heavy atom. The number of hydrogen-bond acceptors (Lipinski definition) is 4. The summed E-state index contributed by atoms with van der Waals surface area (Å²) in [4.78, 5) is 1.41. The number of sulfonamides is 1. The number of likely N-dealkylation sites (N-methyl/N-ethyl adjacent to an activating group) is 1. The fraction of sp³-hybridized carbons (Fsp3) is 0.417. The molecule has 0 saturated heterocycles. The highest BCUT2D eigenvalue weighted by molar-refractivity contribution is 7.89. The van der Waals surface area contributed by atoms with Gasteiger partial charge >= 0.3 is 0 Å². The lowest BCUT2D eigenvalue weighted by Gasteiger charge is -2.23. The molecule has 0 aliphatic carbocycles. The minimum atomic E-state index is -3.47. The van der Waals surface area contributed by atoms with Gasteiger partial charge in [-0.15, -0.1) is 11.3 Å². The lowest BCUT2D eigenvalue weighted by atomic mass is 10.2. The fourth-order valence-corrected chi connectivity index (χ4v) is 3.96. The van der Waals surface area contributed by atoms with Crippen molar-refractivity contribution in [1.29, 1.82) is 0 Å². The van der Waals surface area contributed by atoms with Gasteiger partial charge in [-0.2, -0.15) is 9.40 Å². The van der Waals surface area contributed by atoms with Gasteiger partial charge in [0.2, 0.25) is 10.0 Å². The summed E-state index contributed by atoms with van der Waals surface area (Å²) < 4.78 is 27.7. The number of nitrogens with zero attached hydrogens (tertiary/aromatic N) is 3. The van der Waals surface area contributed by atoms with Crippen molar-refractivity contribution in [2.75, 3.05) is 7.05 Å². The van der Waals surface area contributed by atoms with E-state index < -0.39 is 10.0 Å². The van der Waals surface area contributed by atoms with Crippen molar-refractivity contribution in [1.82, 2.24) is 14.1 Å². The summed E-state index contributed by atoms with van der Waals surface area (Å²) in [5.41, 5.74) is 0. The van der Waals surface area contributed by atoms with Gasteiger partial charge in [0.15, 0.2) is 0 Å². The Bertz CT molecular complexity index is 632. The lowest BCUT2D eigenvalue weighted by Crippen LogP contribution is -2.36. The highest BCUT2D eigenvalue weighted by atomic mass is 32.2. The topological polar surface area (TPSA) is 55.2 Å². The second kappa shape index (κ2) is 5.44. The number of thiophene rings is 1. The molecular formula is C12H17N3O2S2. The van der Waals surface area contributed by atoms with Gasteiger partial charge in [0.05, 0.1) is 6.20 Å². The van der Waals surface area contributed by atoms with Crippen LogP contribution in [0.4, 0.5) is 0 Å². The zero-order chi connectivity index (χ0) is 14.0. The summed E-state index contributed by atoms with van der Waals surface area (Å²) in [5, 5.41) is 5.91. The molecule has 0 N–H and O–H groups in total. The molecule has 2 aromatic rings. The first-order valence-electron chi connectivity index (χ1n) is 5.90. The summed E-state index contributed by atoms with van der Waals surface area (Å²) in [6, 6.07) is 3.90. The number of aryl methyl sites for hydroxylation is 1. The van der Waals surface area contributed by atoms with Crippen LogP contribution in [0.25, 0.3) is 0 Å². The Balaban J connectivity index is 2.16. The largest absolute Gasteiger partial charge is 0.274 e. The van der Waals surface area contributed by atoms with E-state index in [9.17, 15) is 8.42 Å². The highest BCUT2D eigenvalue weighted by Gasteiger charge is 2.26. The molecule has 2 heterocycles. The van der Waals surface area contributed by atoms with Crippen LogP contribution in [-0.4, -0.2) is 35.6 Å². The van der Waals surface area contributed by atoms with Crippen molar-refractivity contribution < 1.29 is 8.42 Å². The quantitative estimate of drug-likeness (QED) is 0.845. The van der Waals surface area contributed by atoms with Gasteiger partial charge in [-0.25, -0.2) is 8.42 Å². The fourth-order valence-electron chi connectivity index (χ4n) is 1.78. The minimum absolute atomic E-state index is 0.0937. The molecule has 5 nitrogen and oxygen atoms in total. The summed E-state index contributed by atoms with van der Waals surface area (Å²) in [6.45, 7) is 1.91. The zero-order valence-electron chi connectivity index (χ0n) is 11.1. The zero-order valence-corrected chi connectivity index (χ0v) is 12.8. The molecule has 7 heteroatoms. The number of hydrogen-bond donors (Lipinski definition) is 0. The van der Waals surface area contributed by atoms with E-state index in [4.69, 9.17) is 0 Å². The van der Waals surface area contributed by atoms with Crippen molar-refractivity contribution in [3.05, 3.63) is 34.8 Å². The Hall–Kier alpha value is -1.18. The molecule has 0 aromatic carbocycles. The van der Waals surface area contributed by atoms with E-state index in [1.54, 1.807) is 25.4 Å². The standard InChI is InChI=1S/C12H17N3O2S2/c1-10(7-11-5-4-6-18-11)15(3)19(16,17)12-8-13-14(2)9-12/h4-6,8-10H,7H2,1-3H3/t10-/m1/s1. The first-order valence-corrected chi connectivity index (χ1v) is 8.22. The Morgan fingerprint density at radius 3 is 2.79 bits per heavy atom. The van der Waals surface area contributed by atoms with Crippen molar-refractivity contribution in [2.24, 2.45) is 7.05 Å². The van der Waals surface area contributed by atoms with E-state index >= 15 is 0 Å². The van der Waals surface area contributed by atoms with E-state index in [0.717, 1.165) is 0 Å². The first kappa shape index (κ1) is 14.2. The number of rotatable bonds is 5. The average molecular weight is 299 g/mol. The second-order valence-corrected chi connectivity index (χ2v) is 7.53. The molecule has 0 aliphatic heterocycles. The average Bonchev–Trinajstić information content (AvgIpc) is 2.99. The molecule has 0 fully saturated rings. The summed E-state index contributed by atoms with van der Waals surface area (Å²) in [6.07, 6.45) is 3.61. The van der Waals surface area contributed by atoms with E-state index in [0.29, 0.717) is 6.42 Å². The Labute approximate surface area is 117 Å². The normalized spacial score (nSPS) is 13.9. The molecule has 104 valence electrons. The van der Waals surface area contributed by atoms with E-state index in [1.807, 2.05) is 24.4 Å². The van der Waals surface area contributed by atoms with Gasteiger partial charge in [0.25, 0.3) is 0 Å². The Kier molecular flexibility index (Phi) is 4.07. The van der Waals surface area contributed by atoms with Crippen LogP contribution in [0, 0.1) is 0 Å². The van der Waals surface area contributed by atoms with Crippen LogP contribution in [0.3, 0.4) is 0 Å². The maximum Gasteiger partial charge on any atom is 0.246 e. The first-order chi connectivity index (χ1) is 8.91. The molecule has 0 unspecified atom stereocenters. The Morgan fingerprint density at radius 1 is 1.53 bits per heavy atom. The van der Waals surface area contributed by atoms with Crippen molar-refractivity contribution >= 4 is 21.4 Å². The molecule has 0 saturated carbocycles. The smallest absolute Gasteiger partial charge is 0.246 e. The summed E-state index contributed by atoms with van der Waals surface area (Å²) >= 11 is 1.64. The lowest BCUT2D eigenvalue weighted by molar-refractivity contribution is 0.388. The predicted octanol–water partition coefficient (Wildman–Crippen LogP) is 1.73. The van der Waals surface area contributed by atoms with E-state index in [-0.39, 0.29) is 10.9 Å². The van der Waals surface area contributed by atoms with Crippen molar-refractivity contribution in [3.8, 4) is 0 Å². The summed E-state index contributed by atoms with van der Waals surface area (Å²) in [7, 11) is -0.152. The molecule has 0 amide bonds. The highest BCUT2D eigenvalue weighted by Crippen LogP contribution is 2.19. The van der Waals surface area contributed by atoms with Gasteiger partial charge in [0.1, 0.15) is 4.90 Å². The van der Waals surface area contributed by atoms with Crippen molar-refractivity contribution in [2.45, 2.75) is 24.3 Å². The van der Waals surface area contributed by atoms with Gasteiger partial charge < -0.3 is 0 Å². The van der Waals surface area contributed by atoms with Crippen LogP contribution in [0.15, 0.2) is 34.8 Å². The monoisotopic (exact) mass is 299 g/mol. The van der Waals surface area contributed by atoms with Crippen LogP contribution >= 0.6 is 11.3 Å². The minimum Gasteiger partial charge on any atom is -0.274 e. The third-order valence-corrected chi connectivity index (χ3v) is 5.88. The van der Waals surface area contributed by atoms with Crippen LogP contribution in [0.5, 0.6) is 0 Å². The third-order valence-electron chi connectivity index (χ3n) is 3.06. The van der Waals surface area contributed by atoms with E-state index in [1.165, 1.54) is 26.3 Å². The van der Waals surface area contributed by atoms with Crippen LogP contribution in [0.2, 0.25) is 0 Å². The van der Waals surface area contributed by atoms with Crippen LogP contribution in [-0.2, 0) is 23.5 Å². The number of aromatic nitrogens is 2. The van der Waals surface area contributed by atoms with Crippen LogP contribution < -0.4 is 0 Å². The van der Waals surface area contributed by atoms with Crippen molar-refractivity contribution in [3.63, 3.8) is 0 Å². The molecule has 0 spiro atoms. The molecular weight excluding hydrogens is 282 g/mol. The maximum atomic E-state index is 12.4. The molecule has 2 rings (SSSR count). The molecule has 2 aromatic heterocycles. The SMILES string of the molecule is C[C@H](Cc1cccs1)N(C)S(=O)(=O)c1cnn(C)c1. The predicted molar refractivity (Wildman–Crippen MR) is 75.6 cm³/mol. The third kappa shape index (κ3) is 3.05. The molecule has 19 heavy (non-hydrogen) atoms. The van der Waals surface area contributed by atoms with Gasteiger partial charge in [-0.05, 0) is 24.8 Å². The van der Waals surface area contributed by atoms with Gasteiger partial charge in [-0.1, -0.05) is 6.07 Å². The summed E-state index contributed by atoms with van der Waals surface area (Å²) in [5.74, 6) is 0. The molecule has 0 radical (unpaired) electrons. The molecule has 1 atom stereocenters. The maximum absolute atomic E-state index is 12.4. The second-order valence-electron chi connectivity index (χ2n) is 4.50. The van der Waals surface area contributed by atoms with Gasteiger partial charge in [-0.3, -0.25) is 4.68 Å². The van der Waals surface area contributed by atoms with Gasteiger partial charge in [0, 0.05) is 31.2 Å². The van der Waals surface area contributed by atoms with Crippen LogP contribution in [0.1, 0.15) is 11.8 Å². The molecule has 0 aliphatic rings. The molecule has 0 bridgehead atoms. The van der Waals surface area contributed by atoms with E-state index in [2.05, 4.69) is 5.10 Å².